The van der Waals surface area contributed by atoms with Crippen LogP contribution in [-0.2, 0) is 6.54 Å². The Kier molecular flexibility index (Phi) is 6.90. The topological polar surface area (TPSA) is 63.6 Å². The number of nitrogens with one attached hydrogen (secondary N) is 2. The second kappa shape index (κ2) is 9.15. The van der Waals surface area contributed by atoms with Crippen LogP contribution in [0.5, 0.6) is 17.2 Å². The van der Waals surface area contributed by atoms with E-state index in [1.807, 2.05) is 24.3 Å². The highest BCUT2D eigenvalue weighted by Crippen LogP contribution is 2.38. The third-order valence-electron chi connectivity index (χ3n) is 3.42. The van der Waals surface area contributed by atoms with Crippen LogP contribution < -0.4 is 19.5 Å². The van der Waals surface area contributed by atoms with Crippen molar-refractivity contribution in [2.75, 3.05) is 27.4 Å². The molecule has 24 heavy (non-hydrogen) atoms. The van der Waals surface area contributed by atoms with Gasteiger partial charge in [-0.3, -0.25) is 0 Å². The number of halogens is 1. The zero-order valence-electron chi connectivity index (χ0n) is 13.8. The minimum Gasteiger partial charge on any atom is -0.493 e. The van der Waals surface area contributed by atoms with Crippen LogP contribution in [-0.4, -0.2) is 33.6 Å². The van der Waals surface area contributed by atoms with Crippen LogP contribution in [0, 0.1) is 5.41 Å². The fourth-order valence-corrected chi connectivity index (χ4v) is 2.31. The van der Waals surface area contributed by atoms with Crippen LogP contribution in [0.2, 0.25) is 5.02 Å². The first-order valence-electron chi connectivity index (χ1n) is 7.52. The number of methoxy groups -OCH3 is 2. The van der Waals surface area contributed by atoms with Gasteiger partial charge in [-0.05, 0) is 35.4 Å². The molecule has 2 rings (SSSR count). The molecule has 2 aromatic carbocycles. The Bertz CT molecular complexity index is 649. The van der Waals surface area contributed by atoms with E-state index in [0.29, 0.717) is 36.0 Å². The predicted octanol–water partition coefficient (Wildman–Crippen LogP) is 3.52. The van der Waals surface area contributed by atoms with Crippen molar-refractivity contribution in [1.82, 2.24) is 5.32 Å². The third kappa shape index (κ3) is 4.88. The van der Waals surface area contributed by atoms with Crippen molar-refractivity contribution in [2.24, 2.45) is 0 Å². The Morgan fingerprint density at radius 1 is 1.08 bits per heavy atom. The molecule has 0 aliphatic heterocycles. The molecule has 6 heteroatoms. The summed E-state index contributed by atoms with van der Waals surface area (Å²) in [4.78, 5) is 0. The SMILES string of the molecule is COc1cc(C=N)cc(OC)c1OCCNCc1ccc(Cl)cc1. The Labute approximate surface area is 147 Å². The first kappa shape index (κ1) is 18.1. The molecule has 5 nitrogen and oxygen atoms in total. The minimum atomic E-state index is 0.463. The lowest BCUT2D eigenvalue weighted by Crippen LogP contribution is -2.20. The third-order valence-corrected chi connectivity index (χ3v) is 3.67. The van der Waals surface area contributed by atoms with Crippen molar-refractivity contribution in [1.29, 1.82) is 5.41 Å². The van der Waals surface area contributed by atoms with E-state index < -0.39 is 0 Å². The summed E-state index contributed by atoms with van der Waals surface area (Å²) >= 11 is 5.86. The Hall–Kier alpha value is -2.24. The molecule has 0 heterocycles. The van der Waals surface area contributed by atoms with Crippen LogP contribution in [0.3, 0.4) is 0 Å². The monoisotopic (exact) mass is 348 g/mol. The number of ether oxygens (including phenoxy) is 3. The molecule has 0 fully saturated rings. The summed E-state index contributed by atoms with van der Waals surface area (Å²) in [5, 5.41) is 11.4. The van der Waals surface area contributed by atoms with Gasteiger partial charge >= 0.3 is 0 Å². The largest absolute Gasteiger partial charge is 0.493 e. The fourth-order valence-electron chi connectivity index (χ4n) is 2.19. The number of benzene rings is 2. The van der Waals surface area contributed by atoms with E-state index >= 15 is 0 Å². The molecule has 0 radical (unpaired) electrons. The lowest BCUT2D eigenvalue weighted by molar-refractivity contribution is 0.273. The van der Waals surface area contributed by atoms with E-state index in [4.69, 9.17) is 31.2 Å². The summed E-state index contributed by atoms with van der Waals surface area (Å²) in [6.45, 7) is 1.87. The lowest BCUT2D eigenvalue weighted by atomic mass is 10.2. The highest BCUT2D eigenvalue weighted by Gasteiger charge is 2.13. The number of rotatable bonds is 9. The van der Waals surface area contributed by atoms with Crippen molar-refractivity contribution < 1.29 is 14.2 Å². The molecule has 0 aromatic heterocycles. The van der Waals surface area contributed by atoms with Gasteiger partial charge in [-0.15, -0.1) is 0 Å². The molecule has 0 unspecified atom stereocenters. The van der Waals surface area contributed by atoms with Gasteiger partial charge in [0.1, 0.15) is 6.61 Å². The van der Waals surface area contributed by atoms with Gasteiger partial charge in [0.2, 0.25) is 5.75 Å². The molecular weight excluding hydrogens is 328 g/mol. The Balaban J connectivity index is 1.89. The van der Waals surface area contributed by atoms with Crippen molar-refractivity contribution in [2.45, 2.75) is 6.54 Å². The zero-order valence-corrected chi connectivity index (χ0v) is 14.5. The van der Waals surface area contributed by atoms with E-state index in [1.54, 1.807) is 26.4 Å². The standard InChI is InChI=1S/C18H21ClN2O3/c1-22-16-9-14(11-20)10-17(23-2)18(16)24-8-7-21-12-13-3-5-15(19)6-4-13/h3-6,9-11,20-21H,7-8,12H2,1-2H3. The van der Waals surface area contributed by atoms with Crippen LogP contribution in [0.4, 0.5) is 0 Å². The van der Waals surface area contributed by atoms with E-state index in [0.717, 1.165) is 17.1 Å². The van der Waals surface area contributed by atoms with Gasteiger partial charge in [-0.1, -0.05) is 23.7 Å². The molecule has 0 saturated carbocycles. The second-order valence-electron chi connectivity index (χ2n) is 5.05. The zero-order chi connectivity index (χ0) is 17.4. The molecule has 0 saturated heterocycles. The van der Waals surface area contributed by atoms with Crippen LogP contribution in [0.25, 0.3) is 0 Å². The van der Waals surface area contributed by atoms with Crippen molar-refractivity contribution >= 4 is 17.8 Å². The summed E-state index contributed by atoms with van der Waals surface area (Å²) in [5.41, 5.74) is 1.85. The highest BCUT2D eigenvalue weighted by molar-refractivity contribution is 6.30. The predicted molar refractivity (Wildman–Crippen MR) is 96.1 cm³/mol. The average molecular weight is 349 g/mol. The van der Waals surface area contributed by atoms with Crippen LogP contribution in [0.1, 0.15) is 11.1 Å². The van der Waals surface area contributed by atoms with Gasteiger partial charge in [0, 0.05) is 24.3 Å². The second-order valence-corrected chi connectivity index (χ2v) is 5.49. The van der Waals surface area contributed by atoms with Crippen molar-refractivity contribution in [3.05, 3.63) is 52.5 Å². The highest BCUT2D eigenvalue weighted by atomic mass is 35.5. The molecule has 128 valence electrons. The molecule has 0 aliphatic rings. The molecule has 0 aliphatic carbocycles. The van der Waals surface area contributed by atoms with E-state index in [2.05, 4.69) is 5.32 Å². The summed E-state index contributed by atoms with van der Waals surface area (Å²) in [7, 11) is 3.13. The van der Waals surface area contributed by atoms with Crippen molar-refractivity contribution in [3.63, 3.8) is 0 Å². The van der Waals surface area contributed by atoms with Crippen LogP contribution in [0.15, 0.2) is 36.4 Å². The minimum absolute atomic E-state index is 0.463. The molecular formula is C18H21ClN2O3. The first-order valence-corrected chi connectivity index (χ1v) is 7.90. The molecule has 0 amide bonds. The van der Waals surface area contributed by atoms with Gasteiger partial charge < -0.3 is 24.9 Å². The maximum absolute atomic E-state index is 7.35. The molecule has 0 spiro atoms. The molecule has 0 atom stereocenters. The fraction of sp³-hybridized carbons (Fsp3) is 0.278. The number of hydrogen-bond donors (Lipinski definition) is 2. The van der Waals surface area contributed by atoms with Gasteiger partial charge in [-0.25, -0.2) is 0 Å². The van der Waals surface area contributed by atoms with E-state index in [-0.39, 0.29) is 0 Å². The summed E-state index contributed by atoms with van der Waals surface area (Å²) in [6, 6.07) is 11.2. The summed E-state index contributed by atoms with van der Waals surface area (Å²) < 4.78 is 16.5. The Morgan fingerprint density at radius 3 is 2.25 bits per heavy atom. The smallest absolute Gasteiger partial charge is 0.203 e. The Morgan fingerprint density at radius 2 is 1.71 bits per heavy atom. The van der Waals surface area contributed by atoms with Gasteiger partial charge in [0.05, 0.1) is 14.2 Å². The number of hydrogen-bond acceptors (Lipinski definition) is 5. The summed E-state index contributed by atoms with van der Waals surface area (Å²) in [5.74, 6) is 1.63. The average Bonchev–Trinajstić information content (AvgIpc) is 2.62. The summed E-state index contributed by atoms with van der Waals surface area (Å²) in [6.07, 6.45) is 1.24. The van der Waals surface area contributed by atoms with E-state index in [9.17, 15) is 0 Å². The van der Waals surface area contributed by atoms with Gasteiger partial charge in [0.25, 0.3) is 0 Å². The van der Waals surface area contributed by atoms with Gasteiger partial charge in [-0.2, -0.15) is 0 Å². The molecule has 2 N–H and O–H groups in total. The van der Waals surface area contributed by atoms with Crippen LogP contribution >= 0.6 is 11.6 Å². The van der Waals surface area contributed by atoms with E-state index in [1.165, 1.54) is 6.21 Å². The maximum Gasteiger partial charge on any atom is 0.203 e. The normalized spacial score (nSPS) is 10.3. The van der Waals surface area contributed by atoms with Gasteiger partial charge in [0.15, 0.2) is 11.5 Å². The molecule has 2 aromatic rings. The first-order chi connectivity index (χ1) is 11.7. The maximum atomic E-state index is 7.35. The van der Waals surface area contributed by atoms with Crippen molar-refractivity contribution in [3.8, 4) is 17.2 Å². The quantitative estimate of drug-likeness (QED) is 0.537. The lowest BCUT2D eigenvalue weighted by Gasteiger charge is -2.15. The molecule has 0 bridgehead atoms.